The Labute approximate surface area is 345 Å². The molecule has 304 valence electrons. The van der Waals surface area contributed by atoms with Crippen molar-refractivity contribution >= 4 is 55.6 Å². The molecule has 5 aromatic rings. The number of aromatic nitrogens is 1. The molecule has 11 nitrogen and oxygen atoms in total. The number of hydrogen-bond acceptors (Lipinski definition) is 8. The van der Waals surface area contributed by atoms with Crippen molar-refractivity contribution in [3.05, 3.63) is 124 Å². The summed E-state index contributed by atoms with van der Waals surface area (Å²) in [5.41, 5.74) is 6.22. The second-order valence-corrected chi connectivity index (χ2v) is 17.9. The zero-order valence-corrected chi connectivity index (χ0v) is 34.4. The van der Waals surface area contributed by atoms with E-state index in [0.717, 1.165) is 54.6 Å². The van der Waals surface area contributed by atoms with Crippen molar-refractivity contribution in [3.63, 3.8) is 0 Å². The Kier molecular flexibility index (Phi) is 12.9. The first kappa shape index (κ1) is 41.0. The first-order valence-electron chi connectivity index (χ1n) is 19.8. The number of amides is 2. The van der Waals surface area contributed by atoms with Crippen molar-refractivity contribution in [3.8, 4) is 11.5 Å². The summed E-state index contributed by atoms with van der Waals surface area (Å²) in [4.78, 5) is 29.4. The molecule has 1 aliphatic heterocycles. The number of carbonyl (C=O) groups excluding carboxylic acids is 2. The highest BCUT2D eigenvalue weighted by atomic mass is 35.5. The van der Waals surface area contributed by atoms with Gasteiger partial charge in [-0.15, -0.1) is 0 Å². The molecule has 7 rings (SSSR count). The third-order valence-corrected chi connectivity index (χ3v) is 12.5. The molecule has 2 amide bonds. The highest BCUT2D eigenvalue weighted by Crippen LogP contribution is 2.43. The molecule has 1 aromatic heterocycles. The number of ether oxygens (including phenoxy) is 2. The van der Waals surface area contributed by atoms with E-state index >= 15 is 0 Å². The molecule has 13 heteroatoms. The molecule has 0 unspecified atom stereocenters. The summed E-state index contributed by atoms with van der Waals surface area (Å²) in [6.07, 6.45) is 6.75. The lowest BCUT2D eigenvalue weighted by Gasteiger charge is -2.34. The van der Waals surface area contributed by atoms with Crippen LogP contribution in [-0.4, -0.2) is 64.6 Å². The summed E-state index contributed by atoms with van der Waals surface area (Å²) in [7, 11) is -4.30. The number of carbonyl (C=O) groups is 2. The minimum absolute atomic E-state index is 0.0346. The van der Waals surface area contributed by atoms with E-state index in [2.05, 4.69) is 51.6 Å². The fraction of sp³-hybridized carbons (Fsp3) is 0.333. The molecule has 2 aliphatic rings. The van der Waals surface area contributed by atoms with Crippen LogP contribution in [0.2, 0.25) is 5.02 Å². The van der Waals surface area contributed by atoms with E-state index in [1.165, 1.54) is 41.0 Å². The molecule has 0 radical (unpaired) electrons. The average Bonchev–Trinajstić information content (AvgIpc) is 3.69. The molecule has 2 heterocycles. The number of halogens is 1. The van der Waals surface area contributed by atoms with E-state index < -0.39 is 15.9 Å². The van der Waals surface area contributed by atoms with Crippen molar-refractivity contribution in [2.45, 2.75) is 50.8 Å². The van der Waals surface area contributed by atoms with Gasteiger partial charge >= 0.3 is 0 Å². The topological polar surface area (TPSA) is 151 Å². The van der Waals surface area contributed by atoms with E-state index in [0.29, 0.717) is 55.8 Å². The fourth-order valence-corrected chi connectivity index (χ4v) is 8.55. The molecule has 0 spiro atoms. The molecule has 58 heavy (non-hydrogen) atoms. The van der Waals surface area contributed by atoms with Crippen LogP contribution in [0.5, 0.6) is 11.5 Å². The number of allylic oxidation sites excluding steroid dienone is 1. The van der Waals surface area contributed by atoms with Crippen LogP contribution in [0.4, 0.5) is 5.69 Å². The van der Waals surface area contributed by atoms with E-state index in [4.69, 9.17) is 21.1 Å². The first-order valence-corrected chi connectivity index (χ1v) is 21.6. The number of aromatic amines is 1. The largest absolute Gasteiger partial charge is 0.456 e. The molecule has 4 aromatic carbocycles. The van der Waals surface area contributed by atoms with Gasteiger partial charge in [0.05, 0.1) is 10.5 Å². The zero-order valence-electron chi connectivity index (χ0n) is 32.8. The molecular formula is C45H50ClN5O6S. The third kappa shape index (κ3) is 10.5. The van der Waals surface area contributed by atoms with Gasteiger partial charge < -0.3 is 30.4 Å². The van der Waals surface area contributed by atoms with E-state index in [9.17, 15) is 18.0 Å². The minimum Gasteiger partial charge on any atom is -0.456 e. The van der Waals surface area contributed by atoms with Gasteiger partial charge in [0, 0.05) is 78.8 Å². The highest BCUT2D eigenvalue weighted by molar-refractivity contribution is 7.90. The normalized spacial score (nSPS) is 15.9. The van der Waals surface area contributed by atoms with Crippen molar-refractivity contribution in [2.24, 2.45) is 11.3 Å². The van der Waals surface area contributed by atoms with Gasteiger partial charge in [-0.25, -0.2) is 13.1 Å². The number of hydrogen-bond donors (Lipinski definition) is 5. The average molecular weight is 824 g/mol. The van der Waals surface area contributed by atoms with Gasteiger partial charge in [-0.3, -0.25) is 9.59 Å². The molecule has 5 N–H and O–H groups in total. The maximum atomic E-state index is 13.7. The maximum Gasteiger partial charge on any atom is 0.268 e. The molecule has 1 saturated heterocycles. The molecule has 1 fully saturated rings. The smallest absolute Gasteiger partial charge is 0.268 e. The van der Waals surface area contributed by atoms with Crippen LogP contribution in [0.25, 0.3) is 16.5 Å². The number of nitrogens with one attached hydrogen (secondary N) is 5. The Morgan fingerprint density at radius 1 is 0.914 bits per heavy atom. The summed E-state index contributed by atoms with van der Waals surface area (Å²) in [5, 5.41) is 11.6. The number of fused-ring (bicyclic) bond motifs is 1. The van der Waals surface area contributed by atoms with Crippen LogP contribution in [0.15, 0.2) is 108 Å². The van der Waals surface area contributed by atoms with Crippen molar-refractivity contribution < 1.29 is 27.5 Å². The summed E-state index contributed by atoms with van der Waals surface area (Å²) in [5.74, 6) is -0.145. The number of H-pyrrole nitrogens is 1. The molecule has 0 atom stereocenters. The fourth-order valence-electron chi connectivity index (χ4n) is 7.46. The first-order chi connectivity index (χ1) is 27.9. The number of benzene rings is 4. The number of rotatable bonds is 15. The van der Waals surface area contributed by atoms with E-state index in [1.54, 1.807) is 24.3 Å². The van der Waals surface area contributed by atoms with Gasteiger partial charge in [0.25, 0.3) is 21.8 Å². The summed E-state index contributed by atoms with van der Waals surface area (Å²) in [6.45, 7) is 8.56. The Hall–Kier alpha value is -5.14. The van der Waals surface area contributed by atoms with Gasteiger partial charge in [-0.2, -0.15) is 0 Å². The Balaban J connectivity index is 1.01. The second-order valence-electron chi connectivity index (χ2n) is 15.8. The molecule has 0 bridgehead atoms. The Morgan fingerprint density at radius 3 is 2.47 bits per heavy atom. The predicted octanol–water partition coefficient (Wildman–Crippen LogP) is 8.55. The standard InChI is InChI=1S/C45H50ClN5O6S/c1-45(2)19-15-34(40(27-45)31-3-7-35(46)8-4-31)29-47-21-22-48-36-9-13-39(42(26-36)57-37-10-14-41-33(25-37)16-20-49-41)44(53)51-58(54,55)38-11-5-32(6-12-38)43(52)50-28-30-17-23-56-24-18-30/h3-14,16,20,25-26,30,47-49H,15,17-19,21-24,27-29H2,1-2H3,(H,50,52)(H,51,53). The van der Waals surface area contributed by atoms with E-state index in [1.807, 2.05) is 36.5 Å². The Morgan fingerprint density at radius 2 is 1.69 bits per heavy atom. The summed E-state index contributed by atoms with van der Waals surface area (Å²) >= 11 is 6.19. The third-order valence-electron chi connectivity index (χ3n) is 10.9. The predicted molar refractivity (Wildman–Crippen MR) is 229 cm³/mol. The van der Waals surface area contributed by atoms with Crippen molar-refractivity contribution in [1.29, 1.82) is 0 Å². The van der Waals surface area contributed by atoms with Gasteiger partial charge in [0.15, 0.2) is 0 Å². The van der Waals surface area contributed by atoms with E-state index in [-0.39, 0.29) is 27.5 Å². The maximum absolute atomic E-state index is 13.7. The van der Waals surface area contributed by atoms with Gasteiger partial charge in [-0.1, -0.05) is 43.2 Å². The van der Waals surface area contributed by atoms with Crippen LogP contribution >= 0.6 is 11.6 Å². The lowest BCUT2D eigenvalue weighted by Crippen LogP contribution is -2.32. The zero-order chi connectivity index (χ0) is 40.7. The number of sulfonamides is 1. The number of anilines is 1. The second kappa shape index (κ2) is 18.2. The van der Waals surface area contributed by atoms with Crippen LogP contribution in [0.1, 0.15) is 72.2 Å². The molecule has 1 aliphatic carbocycles. The van der Waals surface area contributed by atoms with Crippen LogP contribution < -0.4 is 25.4 Å². The van der Waals surface area contributed by atoms with Crippen LogP contribution in [0.3, 0.4) is 0 Å². The lowest BCUT2D eigenvalue weighted by atomic mass is 9.72. The molecule has 0 saturated carbocycles. The SMILES string of the molecule is CC1(C)CCC(CNCCNc2ccc(C(=O)NS(=O)(=O)c3ccc(C(=O)NCC4CCOCC4)cc3)c(Oc3ccc4[nH]ccc4c3)c2)=C(c2ccc(Cl)cc2)C1. The van der Waals surface area contributed by atoms with Crippen molar-refractivity contribution in [1.82, 2.24) is 20.3 Å². The van der Waals surface area contributed by atoms with Gasteiger partial charge in [0.1, 0.15) is 11.5 Å². The summed E-state index contributed by atoms with van der Waals surface area (Å²) < 4.78 is 40.7. The van der Waals surface area contributed by atoms with Crippen molar-refractivity contribution in [2.75, 3.05) is 44.7 Å². The Bertz CT molecular complexity index is 2390. The van der Waals surface area contributed by atoms with Gasteiger partial charge in [-0.05, 0) is 127 Å². The highest BCUT2D eigenvalue weighted by Gasteiger charge is 2.28. The monoisotopic (exact) mass is 823 g/mol. The van der Waals surface area contributed by atoms with Gasteiger partial charge in [0.2, 0.25) is 0 Å². The van der Waals surface area contributed by atoms with Crippen LogP contribution in [0, 0.1) is 11.3 Å². The minimum atomic E-state index is -4.30. The van der Waals surface area contributed by atoms with Crippen LogP contribution in [-0.2, 0) is 14.8 Å². The lowest BCUT2D eigenvalue weighted by molar-refractivity contribution is 0.0642. The quantitative estimate of drug-likeness (QED) is 0.0660. The summed E-state index contributed by atoms with van der Waals surface area (Å²) in [6, 6.07) is 26.0. The molecular weight excluding hydrogens is 774 g/mol.